The van der Waals surface area contributed by atoms with Crippen molar-refractivity contribution in [3.8, 4) is 0 Å². The largest absolute Gasteiger partial charge is 0.289 e. The summed E-state index contributed by atoms with van der Waals surface area (Å²) in [6.45, 7) is 14.4. The van der Waals surface area contributed by atoms with Crippen LogP contribution in [-0.4, -0.2) is 22.2 Å². The molecule has 0 fully saturated rings. The second-order valence-electron chi connectivity index (χ2n) is 9.12. The first kappa shape index (κ1) is 19.2. The highest BCUT2D eigenvalue weighted by molar-refractivity contribution is 6.49. The van der Waals surface area contributed by atoms with Crippen molar-refractivity contribution < 1.29 is 4.79 Å². The zero-order valence-corrected chi connectivity index (χ0v) is 17.2. The van der Waals surface area contributed by atoms with Crippen molar-refractivity contribution in [1.82, 2.24) is 4.98 Å². The summed E-state index contributed by atoms with van der Waals surface area (Å²) in [7, 11) is 0. The zero-order chi connectivity index (χ0) is 20.0. The van der Waals surface area contributed by atoms with Crippen LogP contribution in [-0.2, 0) is 4.79 Å². The van der Waals surface area contributed by atoms with Gasteiger partial charge in [-0.2, -0.15) is 0 Å². The second-order valence-corrected chi connectivity index (χ2v) is 9.12. The summed E-state index contributed by atoms with van der Waals surface area (Å²) in [5.74, 6) is 0.784. The van der Waals surface area contributed by atoms with Crippen molar-refractivity contribution in [2.75, 3.05) is 0 Å². The van der Waals surface area contributed by atoms with Crippen LogP contribution in [0.2, 0.25) is 0 Å². The highest BCUT2D eigenvalue weighted by Gasteiger charge is 2.35. The van der Waals surface area contributed by atoms with Crippen LogP contribution in [0.1, 0.15) is 54.0 Å². The molecule has 0 aromatic carbocycles. The maximum absolute atomic E-state index is 13.1. The Kier molecular flexibility index (Phi) is 4.62. The Morgan fingerprint density at radius 2 is 1.33 bits per heavy atom. The number of aliphatic imine (C=N–C) groups is 2. The van der Waals surface area contributed by atoms with E-state index in [4.69, 9.17) is 9.98 Å². The Morgan fingerprint density at radius 3 is 1.81 bits per heavy atom. The van der Waals surface area contributed by atoms with Gasteiger partial charge in [-0.1, -0.05) is 41.5 Å². The monoisotopic (exact) mass is 361 g/mol. The second kappa shape index (κ2) is 6.52. The molecule has 2 heterocycles. The minimum absolute atomic E-state index is 0.122. The predicted octanol–water partition coefficient (Wildman–Crippen LogP) is 5.08. The van der Waals surface area contributed by atoms with Crippen molar-refractivity contribution in [1.29, 1.82) is 0 Å². The van der Waals surface area contributed by atoms with E-state index in [-0.39, 0.29) is 16.6 Å². The van der Waals surface area contributed by atoms with Gasteiger partial charge in [0.05, 0.1) is 11.4 Å². The highest BCUT2D eigenvalue weighted by Crippen LogP contribution is 2.40. The Hall–Kier alpha value is -2.62. The van der Waals surface area contributed by atoms with Crippen molar-refractivity contribution in [2.45, 2.75) is 48.5 Å². The van der Waals surface area contributed by atoms with Gasteiger partial charge in [0.15, 0.2) is 11.6 Å². The lowest BCUT2D eigenvalue weighted by Gasteiger charge is -2.31. The molecule has 0 bridgehead atoms. The van der Waals surface area contributed by atoms with E-state index >= 15 is 0 Å². The molecule has 3 rings (SSSR count). The summed E-state index contributed by atoms with van der Waals surface area (Å²) in [6, 6.07) is 3.87. The number of aromatic nitrogens is 1. The molecule has 0 amide bonds. The fraction of sp³-hybridized carbons (Fsp3) is 0.391. The van der Waals surface area contributed by atoms with E-state index in [0.29, 0.717) is 5.82 Å². The molecule has 2 aliphatic rings. The number of nitrogens with zero attached hydrogens (tertiary/aromatic N) is 3. The van der Waals surface area contributed by atoms with Crippen LogP contribution in [0.5, 0.6) is 0 Å². The van der Waals surface area contributed by atoms with Crippen LogP contribution in [0.25, 0.3) is 0 Å². The number of pyridine rings is 1. The van der Waals surface area contributed by atoms with Crippen molar-refractivity contribution in [3.05, 3.63) is 64.8 Å². The highest BCUT2D eigenvalue weighted by atomic mass is 16.1. The summed E-state index contributed by atoms with van der Waals surface area (Å²) in [5.41, 5.74) is 4.73. The number of Topliss-reactive ketones (excluding diaryl/α,β-unsaturated/α-hetero) is 1. The average molecular weight is 361 g/mol. The number of carbonyl (C=O) groups is 1. The van der Waals surface area contributed by atoms with E-state index in [0.717, 1.165) is 33.7 Å². The van der Waals surface area contributed by atoms with E-state index < -0.39 is 0 Å². The summed E-state index contributed by atoms with van der Waals surface area (Å²) < 4.78 is 0. The lowest BCUT2D eigenvalue weighted by molar-refractivity contribution is -0.114. The standard InChI is InChI=1S/C23H27N3O/c1-14-19(15-8-10-24-11-9-15)26-21(25-14)16-12-17(22(2,3)4)20(27)18(13-16)23(5,6)7/h8-13H,1-7H3. The molecule has 0 spiro atoms. The van der Waals surface area contributed by atoms with Gasteiger partial charge in [0.25, 0.3) is 0 Å². The number of hydrogen-bond donors (Lipinski definition) is 0. The normalized spacial score (nSPS) is 18.3. The van der Waals surface area contributed by atoms with Gasteiger partial charge < -0.3 is 0 Å². The molecule has 0 saturated heterocycles. The van der Waals surface area contributed by atoms with E-state index in [1.807, 2.05) is 31.2 Å². The summed E-state index contributed by atoms with van der Waals surface area (Å²) in [4.78, 5) is 26.6. The van der Waals surface area contributed by atoms with Crippen LogP contribution in [0.3, 0.4) is 0 Å². The molecule has 1 aliphatic heterocycles. The number of hydrogen-bond acceptors (Lipinski definition) is 4. The van der Waals surface area contributed by atoms with Crippen LogP contribution < -0.4 is 0 Å². The van der Waals surface area contributed by atoms with Gasteiger partial charge >= 0.3 is 0 Å². The Balaban J connectivity index is 2.19. The number of ketones is 1. The van der Waals surface area contributed by atoms with Gasteiger partial charge in [-0.3, -0.25) is 9.78 Å². The Bertz CT molecular complexity index is 908. The third-order valence-corrected chi connectivity index (χ3v) is 4.75. The fourth-order valence-electron chi connectivity index (χ4n) is 3.21. The fourth-order valence-corrected chi connectivity index (χ4v) is 3.21. The van der Waals surface area contributed by atoms with Crippen LogP contribution in [0.15, 0.2) is 69.2 Å². The van der Waals surface area contributed by atoms with E-state index in [1.54, 1.807) is 12.4 Å². The molecule has 140 valence electrons. The zero-order valence-electron chi connectivity index (χ0n) is 17.2. The lowest BCUT2D eigenvalue weighted by atomic mass is 9.72. The first-order chi connectivity index (χ1) is 12.5. The van der Waals surface area contributed by atoms with E-state index in [9.17, 15) is 4.79 Å². The SMILES string of the molecule is CC1=NC(=C2C=C(C(C)(C)C)C(=O)C(C(C)(C)C)=C2)N=C1c1ccncc1. The maximum atomic E-state index is 13.1. The number of allylic oxidation sites excluding steroid dienone is 5. The Labute approximate surface area is 161 Å². The summed E-state index contributed by atoms with van der Waals surface area (Å²) >= 11 is 0. The predicted molar refractivity (Wildman–Crippen MR) is 111 cm³/mol. The minimum atomic E-state index is -0.247. The number of rotatable bonds is 1. The molecule has 1 aromatic heterocycles. The third-order valence-electron chi connectivity index (χ3n) is 4.75. The molecule has 1 aromatic rings. The molecule has 0 atom stereocenters. The molecular formula is C23H27N3O. The van der Waals surface area contributed by atoms with Crippen LogP contribution in [0.4, 0.5) is 0 Å². The van der Waals surface area contributed by atoms with Gasteiger partial charge in [-0.25, -0.2) is 9.98 Å². The molecule has 4 heteroatoms. The molecule has 0 N–H and O–H groups in total. The topological polar surface area (TPSA) is 54.7 Å². The lowest BCUT2D eigenvalue weighted by Crippen LogP contribution is -2.28. The van der Waals surface area contributed by atoms with Gasteiger partial charge in [0.1, 0.15) is 0 Å². The van der Waals surface area contributed by atoms with Gasteiger partial charge in [0.2, 0.25) is 0 Å². The van der Waals surface area contributed by atoms with Gasteiger partial charge in [0, 0.05) is 34.7 Å². The average Bonchev–Trinajstić information content (AvgIpc) is 2.95. The molecule has 0 unspecified atom stereocenters. The number of carbonyl (C=O) groups excluding carboxylic acids is 1. The molecular weight excluding hydrogens is 334 g/mol. The maximum Gasteiger partial charge on any atom is 0.186 e. The van der Waals surface area contributed by atoms with Crippen molar-refractivity contribution in [2.24, 2.45) is 20.8 Å². The minimum Gasteiger partial charge on any atom is -0.289 e. The molecule has 1 aliphatic carbocycles. The van der Waals surface area contributed by atoms with Crippen LogP contribution in [0, 0.1) is 10.8 Å². The quantitative estimate of drug-likeness (QED) is 0.700. The summed E-state index contributed by atoms with van der Waals surface area (Å²) in [5, 5.41) is 0. The molecule has 4 nitrogen and oxygen atoms in total. The van der Waals surface area contributed by atoms with Gasteiger partial charge in [-0.05, 0) is 42.0 Å². The first-order valence-corrected chi connectivity index (χ1v) is 9.26. The Morgan fingerprint density at radius 1 is 0.815 bits per heavy atom. The molecule has 0 saturated carbocycles. The molecule has 27 heavy (non-hydrogen) atoms. The smallest absolute Gasteiger partial charge is 0.186 e. The molecule has 0 radical (unpaired) electrons. The van der Waals surface area contributed by atoms with Crippen molar-refractivity contribution in [3.63, 3.8) is 0 Å². The van der Waals surface area contributed by atoms with Gasteiger partial charge in [-0.15, -0.1) is 0 Å². The van der Waals surface area contributed by atoms with E-state index in [2.05, 4.69) is 46.5 Å². The summed E-state index contributed by atoms with van der Waals surface area (Å²) in [6.07, 6.45) is 7.43. The third kappa shape index (κ3) is 3.75. The first-order valence-electron chi connectivity index (χ1n) is 9.26. The van der Waals surface area contributed by atoms with E-state index in [1.165, 1.54) is 0 Å². The van der Waals surface area contributed by atoms with Crippen molar-refractivity contribution >= 4 is 17.2 Å². The van der Waals surface area contributed by atoms with Crippen LogP contribution >= 0.6 is 0 Å².